The third-order valence-corrected chi connectivity index (χ3v) is 3.38. The van der Waals surface area contributed by atoms with Gasteiger partial charge in [-0.1, -0.05) is 42.5 Å². The highest BCUT2D eigenvalue weighted by Gasteiger charge is 2.18. The summed E-state index contributed by atoms with van der Waals surface area (Å²) >= 11 is 0. The van der Waals surface area contributed by atoms with E-state index < -0.39 is 12.0 Å². The molecule has 0 aliphatic heterocycles. The van der Waals surface area contributed by atoms with Crippen molar-refractivity contribution in [1.29, 1.82) is 0 Å². The van der Waals surface area contributed by atoms with E-state index in [-0.39, 0.29) is 0 Å². The van der Waals surface area contributed by atoms with Crippen molar-refractivity contribution >= 4 is 5.97 Å². The molecule has 0 heterocycles. The Morgan fingerprint density at radius 3 is 2.41 bits per heavy atom. The molecule has 4 nitrogen and oxygen atoms in total. The zero-order valence-corrected chi connectivity index (χ0v) is 12.7. The Hall–Kier alpha value is -2.33. The predicted octanol–water partition coefficient (Wildman–Crippen LogP) is 3.04. The monoisotopic (exact) mass is 299 g/mol. The number of hydrogen-bond acceptors (Lipinski definition) is 3. The van der Waals surface area contributed by atoms with E-state index in [4.69, 9.17) is 4.74 Å². The van der Waals surface area contributed by atoms with Crippen molar-refractivity contribution in [3.63, 3.8) is 0 Å². The molecule has 1 atom stereocenters. The van der Waals surface area contributed by atoms with Gasteiger partial charge in [0.25, 0.3) is 0 Å². The fourth-order valence-electron chi connectivity index (χ4n) is 2.28. The lowest BCUT2D eigenvalue weighted by molar-refractivity contribution is -0.139. The fraction of sp³-hybridized carbons (Fsp3) is 0.278. The molecule has 2 aromatic carbocycles. The molecular formula is C18H21NO3. The molecule has 2 aromatic rings. The van der Waals surface area contributed by atoms with Crippen LogP contribution in [0.3, 0.4) is 0 Å². The second-order valence-electron chi connectivity index (χ2n) is 4.96. The van der Waals surface area contributed by atoms with Crippen LogP contribution in [0.25, 0.3) is 0 Å². The quantitative estimate of drug-likeness (QED) is 0.786. The van der Waals surface area contributed by atoms with Gasteiger partial charge in [0, 0.05) is 6.54 Å². The first kappa shape index (κ1) is 16.0. The maximum absolute atomic E-state index is 11.5. The first-order chi connectivity index (χ1) is 10.7. The third-order valence-electron chi connectivity index (χ3n) is 3.38. The van der Waals surface area contributed by atoms with E-state index in [1.54, 1.807) is 24.3 Å². The molecule has 4 heteroatoms. The normalized spacial score (nSPS) is 11.9. The maximum atomic E-state index is 11.5. The van der Waals surface area contributed by atoms with Gasteiger partial charge in [-0.05, 0) is 36.6 Å². The summed E-state index contributed by atoms with van der Waals surface area (Å²) in [4.78, 5) is 11.5. The van der Waals surface area contributed by atoms with E-state index in [0.717, 1.165) is 17.7 Å². The summed E-state index contributed by atoms with van der Waals surface area (Å²) in [5, 5.41) is 12.5. The molecule has 0 saturated carbocycles. The maximum Gasteiger partial charge on any atom is 0.325 e. The van der Waals surface area contributed by atoms with Crippen LogP contribution in [-0.2, 0) is 11.2 Å². The molecule has 0 aliphatic carbocycles. The molecule has 2 rings (SSSR count). The molecule has 22 heavy (non-hydrogen) atoms. The third kappa shape index (κ3) is 4.60. The van der Waals surface area contributed by atoms with Crippen molar-refractivity contribution in [1.82, 2.24) is 5.32 Å². The molecule has 1 unspecified atom stereocenters. The highest BCUT2D eigenvalue weighted by atomic mass is 16.5. The Morgan fingerprint density at radius 1 is 1.14 bits per heavy atom. The smallest absolute Gasteiger partial charge is 0.325 e. The number of benzene rings is 2. The Morgan fingerprint density at radius 2 is 1.82 bits per heavy atom. The summed E-state index contributed by atoms with van der Waals surface area (Å²) in [5.41, 5.74) is 1.91. The number of nitrogens with one attached hydrogen (secondary N) is 1. The highest BCUT2D eigenvalue weighted by Crippen LogP contribution is 2.18. The van der Waals surface area contributed by atoms with E-state index in [9.17, 15) is 9.90 Å². The average molecular weight is 299 g/mol. The van der Waals surface area contributed by atoms with E-state index in [1.807, 2.05) is 37.3 Å². The van der Waals surface area contributed by atoms with Gasteiger partial charge in [-0.2, -0.15) is 0 Å². The van der Waals surface area contributed by atoms with Crippen molar-refractivity contribution in [2.75, 3.05) is 13.2 Å². The molecule has 0 spiro atoms. The first-order valence-electron chi connectivity index (χ1n) is 7.43. The number of ether oxygens (including phenoxy) is 1. The number of carboxylic acids is 1. The Kier molecular flexibility index (Phi) is 5.98. The molecule has 0 aromatic heterocycles. The van der Waals surface area contributed by atoms with Gasteiger partial charge in [-0.3, -0.25) is 4.79 Å². The SMILES string of the molecule is CCOc1ccc(C(NCCc2ccccc2)C(=O)O)cc1. The largest absolute Gasteiger partial charge is 0.494 e. The Bertz CT molecular complexity index is 581. The minimum atomic E-state index is -0.878. The van der Waals surface area contributed by atoms with Crippen LogP contribution in [-0.4, -0.2) is 24.2 Å². The lowest BCUT2D eigenvalue weighted by atomic mass is 10.1. The van der Waals surface area contributed by atoms with Crippen LogP contribution in [0.4, 0.5) is 0 Å². The number of carboxylic acid groups (broad SMARTS) is 1. The second-order valence-corrected chi connectivity index (χ2v) is 4.96. The number of rotatable bonds is 8. The van der Waals surface area contributed by atoms with Crippen LogP contribution in [0.15, 0.2) is 54.6 Å². The summed E-state index contributed by atoms with van der Waals surface area (Å²) in [6, 6.07) is 16.5. The van der Waals surface area contributed by atoms with E-state index in [1.165, 1.54) is 5.56 Å². The van der Waals surface area contributed by atoms with Crippen molar-refractivity contribution in [2.45, 2.75) is 19.4 Å². The molecule has 2 N–H and O–H groups in total. The van der Waals surface area contributed by atoms with E-state index >= 15 is 0 Å². The van der Waals surface area contributed by atoms with E-state index in [2.05, 4.69) is 5.32 Å². The lowest BCUT2D eigenvalue weighted by Gasteiger charge is -2.15. The van der Waals surface area contributed by atoms with Gasteiger partial charge in [0.1, 0.15) is 11.8 Å². The molecule has 0 amide bonds. The summed E-state index contributed by atoms with van der Waals surface area (Å²) in [6.07, 6.45) is 0.793. The van der Waals surface area contributed by atoms with Crippen molar-refractivity contribution in [3.05, 3.63) is 65.7 Å². The van der Waals surface area contributed by atoms with Crippen LogP contribution in [0, 0.1) is 0 Å². The predicted molar refractivity (Wildman–Crippen MR) is 86.1 cm³/mol. The van der Waals surface area contributed by atoms with Crippen LogP contribution in [0.1, 0.15) is 24.1 Å². The second kappa shape index (κ2) is 8.20. The average Bonchev–Trinajstić information content (AvgIpc) is 2.54. The molecule has 0 aliphatic rings. The van der Waals surface area contributed by atoms with Crippen LogP contribution in [0.2, 0.25) is 0 Å². The highest BCUT2D eigenvalue weighted by molar-refractivity contribution is 5.75. The van der Waals surface area contributed by atoms with Gasteiger partial charge in [0.15, 0.2) is 0 Å². The van der Waals surface area contributed by atoms with Crippen molar-refractivity contribution in [3.8, 4) is 5.75 Å². The van der Waals surface area contributed by atoms with Gasteiger partial charge in [0.2, 0.25) is 0 Å². The Balaban J connectivity index is 1.96. The van der Waals surface area contributed by atoms with Crippen molar-refractivity contribution < 1.29 is 14.6 Å². The van der Waals surface area contributed by atoms with Gasteiger partial charge < -0.3 is 15.2 Å². The minimum absolute atomic E-state index is 0.594. The summed E-state index contributed by atoms with van der Waals surface area (Å²) < 4.78 is 5.37. The fourth-order valence-corrected chi connectivity index (χ4v) is 2.28. The lowest BCUT2D eigenvalue weighted by Crippen LogP contribution is -2.30. The van der Waals surface area contributed by atoms with Gasteiger partial charge in [-0.25, -0.2) is 0 Å². The zero-order chi connectivity index (χ0) is 15.8. The van der Waals surface area contributed by atoms with Crippen LogP contribution in [0.5, 0.6) is 5.75 Å². The number of carbonyl (C=O) groups is 1. The van der Waals surface area contributed by atoms with Crippen LogP contribution < -0.4 is 10.1 Å². The van der Waals surface area contributed by atoms with E-state index in [0.29, 0.717) is 13.2 Å². The summed E-state index contributed by atoms with van der Waals surface area (Å²) in [7, 11) is 0. The molecule has 0 bridgehead atoms. The van der Waals surface area contributed by atoms with Crippen molar-refractivity contribution in [2.24, 2.45) is 0 Å². The minimum Gasteiger partial charge on any atom is -0.494 e. The summed E-state index contributed by atoms with van der Waals surface area (Å²) in [6.45, 7) is 3.12. The molecule has 0 saturated heterocycles. The Labute approximate surface area is 130 Å². The van der Waals surface area contributed by atoms with Gasteiger partial charge >= 0.3 is 5.97 Å². The molecule has 116 valence electrons. The first-order valence-corrected chi connectivity index (χ1v) is 7.43. The van der Waals surface area contributed by atoms with Crippen LogP contribution >= 0.6 is 0 Å². The van der Waals surface area contributed by atoms with Gasteiger partial charge in [0.05, 0.1) is 6.61 Å². The molecule has 0 fully saturated rings. The number of aliphatic carboxylic acids is 1. The molecule has 0 radical (unpaired) electrons. The van der Waals surface area contributed by atoms with Gasteiger partial charge in [-0.15, -0.1) is 0 Å². The summed E-state index contributed by atoms with van der Waals surface area (Å²) in [5.74, 6) is -0.128. The molecular weight excluding hydrogens is 278 g/mol. The topological polar surface area (TPSA) is 58.6 Å². The number of hydrogen-bond donors (Lipinski definition) is 2. The standard InChI is InChI=1S/C18H21NO3/c1-2-22-16-10-8-15(9-11-16)17(18(20)21)19-13-12-14-6-4-3-5-7-14/h3-11,17,19H,2,12-13H2,1H3,(H,20,21). The zero-order valence-electron chi connectivity index (χ0n) is 12.7.